The molecule has 51 heavy (non-hydrogen) atoms. The number of esters is 2. The molecule has 288 valence electrons. The molecule has 0 aliphatic carbocycles. The molecule has 0 bridgehead atoms. The quantitative estimate of drug-likeness (QED) is 0.0403. The van der Waals surface area contributed by atoms with E-state index in [0.717, 1.165) is 70.6 Å². The van der Waals surface area contributed by atoms with Crippen molar-refractivity contribution in [3.8, 4) is 0 Å². The van der Waals surface area contributed by atoms with Gasteiger partial charge in [-0.3, -0.25) is 9.59 Å². The summed E-state index contributed by atoms with van der Waals surface area (Å²) in [6.45, 7) is 3.92. The number of ether oxygens (including phenoxy) is 2. The first-order valence-corrected chi connectivity index (χ1v) is 20.3. The zero-order valence-corrected chi connectivity index (χ0v) is 32.6. The first kappa shape index (κ1) is 47.8. The molecule has 0 amide bonds. The van der Waals surface area contributed by atoms with Gasteiger partial charge in [-0.1, -0.05) is 162 Å². The highest BCUT2D eigenvalue weighted by atomic mass is 16.6. The van der Waals surface area contributed by atoms with Crippen LogP contribution in [0.4, 0.5) is 0 Å². The monoisotopic (exact) mass is 707 g/mol. The normalized spacial score (nSPS) is 13.2. The number of hydrogen-bond acceptors (Lipinski definition) is 5. The van der Waals surface area contributed by atoms with Crippen molar-refractivity contribution in [1.29, 1.82) is 0 Å². The molecule has 0 rings (SSSR count). The van der Waals surface area contributed by atoms with Crippen LogP contribution in [0.2, 0.25) is 0 Å². The molecule has 1 atom stereocenters. The fraction of sp³-hybridized carbons (Fsp3) is 0.609. The van der Waals surface area contributed by atoms with Crippen LogP contribution in [-0.4, -0.2) is 36.4 Å². The first-order valence-electron chi connectivity index (χ1n) is 20.3. The van der Waals surface area contributed by atoms with Crippen molar-refractivity contribution in [1.82, 2.24) is 0 Å². The number of carbonyl (C=O) groups excluding carboxylic acids is 2. The Bertz CT molecular complexity index is 1030. The van der Waals surface area contributed by atoms with E-state index < -0.39 is 12.1 Å². The minimum absolute atomic E-state index is 0.106. The lowest BCUT2D eigenvalue weighted by molar-refractivity contribution is -0.161. The van der Waals surface area contributed by atoms with Crippen molar-refractivity contribution >= 4 is 11.9 Å². The van der Waals surface area contributed by atoms with Crippen LogP contribution in [0.1, 0.15) is 162 Å². The Morgan fingerprint density at radius 1 is 0.471 bits per heavy atom. The lowest BCUT2D eigenvalue weighted by Crippen LogP contribution is -2.28. The molecule has 0 aromatic carbocycles. The fourth-order valence-corrected chi connectivity index (χ4v) is 5.08. The lowest BCUT2D eigenvalue weighted by Gasteiger charge is -2.15. The van der Waals surface area contributed by atoms with Crippen molar-refractivity contribution < 1.29 is 24.2 Å². The second-order valence-electron chi connectivity index (χ2n) is 13.0. The summed E-state index contributed by atoms with van der Waals surface area (Å²) in [5.41, 5.74) is 0. The summed E-state index contributed by atoms with van der Waals surface area (Å²) in [6, 6.07) is 0. The maximum absolute atomic E-state index is 12.1. The van der Waals surface area contributed by atoms with Crippen molar-refractivity contribution in [2.75, 3.05) is 13.2 Å². The van der Waals surface area contributed by atoms with Gasteiger partial charge in [0.15, 0.2) is 6.10 Å². The van der Waals surface area contributed by atoms with Crippen LogP contribution >= 0.6 is 0 Å². The van der Waals surface area contributed by atoms with Gasteiger partial charge in [-0.2, -0.15) is 0 Å². The van der Waals surface area contributed by atoms with Crippen LogP contribution in [0.25, 0.3) is 0 Å². The zero-order valence-electron chi connectivity index (χ0n) is 32.6. The standard InChI is InChI=1S/C46H74O5/c1-3-5-7-9-11-13-15-17-19-21-23-25-27-29-31-33-35-37-39-41-46(49)51-44(42-47)43-50-45(48)40-38-36-34-32-30-28-26-24-22-20-18-16-14-12-10-8-6-4-2/h5,7,11,13-14,16-17,19-20,22-23,25,29,31,35,37,44,47H,3-4,6,8-10,12,15,18,21,24,26-28,30,32-34,36,38-43H2,1-2H3/b7-5-,13-11-,16-14-,19-17-,22-20-,25-23-,31-29-,37-35-. The number of aliphatic hydroxyl groups excluding tert-OH is 1. The molecule has 5 heteroatoms. The molecule has 0 aromatic rings. The van der Waals surface area contributed by atoms with Crippen LogP contribution in [0.5, 0.6) is 0 Å². The van der Waals surface area contributed by atoms with E-state index in [4.69, 9.17) is 9.47 Å². The Hall–Kier alpha value is -3.18. The average Bonchev–Trinajstić information content (AvgIpc) is 3.13. The van der Waals surface area contributed by atoms with E-state index in [0.29, 0.717) is 12.8 Å². The van der Waals surface area contributed by atoms with Gasteiger partial charge in [-0.25, -0.2) is 0 Å². The SMILES string of the molecule is CC/C=C\C/C=C\C/C=C\C/C=C\C/C=C\C/C=C\CCC(=O)OC(CO)COC(=O)CCCCCCCCC/C=C\C/C=C\CCCCCC. The van der Waals surface area contributed by atoms with E-state index in [1.54, 1.807) is 0 Å². The van der Waals surface area contributed by atoms with Gasteiger partial charge < -0.3 is 14.6 Å². The maximum atomic E-state index is 12.1. The van der Waals surface area contributed by atoms with Gasteiger partial charge in [0, 0.05) is 12.8 Å². The van der Waals surface area contributed by atoms with E-state index >= 15 is 0 Å². The molecule has 5 nitrogen and oxygen atoms in total. The minimum atomic E-state index is -0.821. The van der Waals surface area contributed by atoms with Crippen LogP contribution < -0.4 is 0 Å². The summed E-state index contributed by atoms with van der Waals surface area (Å²) < 4.78 is 10.5. The zero-order chi connectivity index (χ0) is 37.1. The molecule has 0 saturated carbocycles. The van der Waals surface area contributed by atoms with Gasteiger partial charge >= 0.3 is 11.9 Å². The Morgan fingerprint density at radius 3 is 1.35 bits per heavy atom. The summed E-state index contributed by atoms with van der Waals surface area (Å²) in [4.78, 5) is 24.2. The maximum Gasteiger partial charge on any atom is 0.306 e. The summed E-state index contributed by atoms with van der Waals surface area (Å²) in [5.74, 6) is -0.707. The van der Waals surface area contributed by atoms with Crippen molar-refractivity contribution in [2.45, 2.75) is 168 Å². The molecule has 0 fully saturated rings. The Morgan fingerprint density at radius 2 is 0.882 bits per heavy atom. The van der Waals surface area contributed by atoms with E-state index in [-0.39, 0.29) is 25.6 Å². The first-order chi connectivity index (χ1) is 25.1. The smallest absolute Gasteiger partial charge is 0.306 e. The molecule has 0 aliphatic rings. The molecule has 0 heterocycles. The average molecular weight is 707 g/mol. The predicted molar refractivity (Wildman–Crippen MR) is 219 cm³/mol. The molecule has 0 aromatic heterocycles. The highest BCUT2D eigenvalue weighted by molar-refractivity contribution is 5.70. The largest absolute Gasteiger partial charge is 0.462 e. The summed E-state index contributed by atoms with van der Waals surface area (Å²) >= 11 is 0. The van der Waals surface area contributed by atoms with Crippen molar-refractivity contribution in [3.63, 3.8) is 0 Å². The number of allylic oxidation sites excluding steroid dienone is 16. The van der Waals surface area contributed by atoms with Crippen LogP contribution in [0, 0.1) is 0 Å². The number of carbonyl (C=O) groups is 2. The third-order valence-corrected chi connectivity index (χ3v) is 8.13. The van der Waals surface area contributed by atoms with E-state index in [9.17, 15) is 14.7 Å². The topological polar surface area (TPSA) is 72.8 Å². The Labute approximate surface area is 313 Å². The Balaban J connectivity index is 3.73. The van der Waals surface area contributed by atoms with Crippen LogP contribution in [-0.2, 0) is 19.1 Å². The summed E-state index contributed by atoms with van der Waals surface area (Å²) in [6.07, 6.45) is 57.6. The Kier molecular flexibility index (Phi) is 38.7. The van der Waals surface area contributed by atoms with Gasteiger partial charge in [0.25, 0.3) is 0 Å². The van der Waals surface area contributed by atoms with Gasteiger partial charge in [0.2, 0.25) is 0 Å². The lowest BCUT2D eigenvalue weighted by atomic mass is 10.1. The number of aliphatic hydroxyl groups is 1. The highest BCUT2D eigenvalue weighted by Crippen LogP contribution is 2.11. The van der Waals surface area contributed by atoms with Gasteiger partial charge in [-0.05, 0) is 83.5 Å². The predicted octanol–water partition coefficient (Wildman–Crippen LogP) is 12.9. The van der Waals surface area contributed by atoms with Crippen LogP contribution in [0.3, 0.4) is 0 Å². The second kappa shape index (κ2) is 41.2. The van der Waals surface area contributed by atoms with Gasteiger partial charge in [-0.15, -0.1) is 0 Å². The minimum Gasteiger partial charge on any atom is -0.462 e. The highest BCUT2D eigenvalue weighted by Gasteiger charge is 2.15. The van der Waals surface area contributed by atoms with Crippen LogP contribution in [0.15, 0.2) is 97.2 Å². The number of hydrogen-bond donors (Lipinski definition) is 1. The summed E-state index contributed by atoms with van der Waals surface area (Å²) in [5, 5.41) is 9.55. The van der Waals surface area contributed by atoms with Gasteiger partial charge in [0.1, 0.15) is 6.61 Å². The van der Waals surface area contributed by atoms with E-state index in [1.165, 1.54) is 57.8 Å². The van der Waals surface area contributed by atoms with E-state index in [1.807, 2.05) is 12.2 Å². The molecule has 1 N–H and O–H groups in total. The third kappa shape index (κ3) is 39.5. The van der Waals surface area contributed by atoms with Gasteiger partial charge in [0.05, 0.1) is 6.61 Å². The molecular weight excluding hydrogens is 633 g/mol. The van der Waals surface area contributed by atoms with E-state index in [2.05, 4.69) is 98.9 Å². The number of unbranched alkanes of at least 4 members (excludes halogenated alkanes) is 11. The molecule has 0 spiro atoms. The fourth-order valence-electron chi connectivity index (χ4n) is 5.08. The molecule has 0 radical (unpaired) electrons. The molecule has 1 unspecified atom stereocenters. The van der Waals surface area contributed by atoms with Crippen molar-refractivity contribution in [3.05, 3.63) is 97.2 Å². The molecule has 0 aliphatic heterocycles. The second-order valence-corrected chi connectivity index (χ2v) is 13.0. The third-order valence-electron chi connectivity index (χ3n) is 8.13. The molecule has 0 saturated heterocycles. The summed E-state index contributed by atoms with van der Waals surface area (Å²) in [7, 11) is 0. The molecular formula is C46H74O5. The van der Waals surface area contributed by atoms with Crippen molar-refractivity contribution in [2.24, 2.45) is 0 Å². The number of rotatable bonds is 35.